The molecule has 0 bridgehead atoms. The SMILES string of the molecule is CCc1c2c(nc3ccc(CCCC4CCCCC4)cc13)-c1cc3c(c(=O)n1C2)COC(=O)[C@]3(O)CC. The maximum atomic E-state index is 13.5. The molecule has 2 aliphatic heterocycles. The van der Waals surface area contributed by atoms with E-state index < -0.39 is 11.6 Å². The Morgan fingerprint density at radius 1 is 1.11 bits per heavy atom. The van der Waals surface area contributed by atoms with Gasteiger partial charge in [0.05, 0.1) is 29.0 Å². The zero-order chi connectivity index (χ0) is 25.7. The molecule has 1 saturated carbocycles. The van der Waals surface area contributed by atoms with Gasteiger partial charge in [-0.05, 0) is 60.9 Å². The fourth-order valence-corrected chi connectivity index (χ4v) is 6.84. The predicted molar refractivity (Wildman–Crippen MR) is 143 cm³/mol. The van der Waals surface area contributed by atoms with Crippen LogP contribution >= 0.6 is 0 Å². The van der Waals surface area contributed by atoms with Crippen molar-refractivity contribution in [1.82, 2.24) is 9.55 Å². The van der Waals surface area contributed by atoms with Gasteiger partial charge in [0, 0.05) is 16.5 Å². The molecular formula is C31H36N2O4. The van der Waals surface area contributed by atoms with E-state index in [9.17, 15) is 14.7 Å². The smallest absolute Gasteiger partial charge is 0.343 e. The summed E-state index contributed by atoms with van der Waals surface area (Å²) in [5, 5.41) is 12.3. The van der Waals surface area contributed by atoms with E-state index in [1.807, 2.05) is 0 Å². The molecule has 6 rings (SSSR count). The summed E-state index contributed by atoms with van der Waals surface area (Å²) < 4.78 is 6.93. The highest BCUT2D eigenvalue weighted by Gasteiger charge is 2.45. The highest BCUT2D eigenvalue weighted by Crippen LogP contribution is 2.40. The molecule has 1 aliphatic carbocycles. The number of benzene rings is 1. The Morgan fingerprint density at radius 2 is 1.92 bits per heavy atom. The largest absolute Gasteiger partial charge is 0.458 e. The first-order valence-electron chi connectivity index (χ1n) is 14.1. The Bertz CT molecular complexity index is 1450. The number of hydrogen-bond donors (Lipinski definition) is 1. The zero-order valence-electron chi connectivity index (χ0n) is 21.9. The molecule has 194 valence electrons. The number of ether oxygens (including phenoxy) is 1. The van der Waals surface area contributed by atoms with Crippen LogP contribution in [0.4, 0.5) is 0 Å². The number of hydrogen-bond acceptors (Lipinski definition) is 5. The first-order valence-corrected chi connectivity index (χ1v) is 14.1. The minimum Gasteiger partial charge on any atom is -0.458 e. The van der Waals surface area contributed by atoms with E-state index in [0.717, 1.165) is 35.5 Å². The topological polar surface area (TPSA) is 81.4 Å². The average molecular weight is 501 g/mol. The average Bonchev–Trinajstić information content (AvgIpc) is 3.29. The van der Waals surface area contributed by atoms with E-state index >= 15 is 0 Å². The van der Waals surface area contributed by atoms with Gasteiger partial charge in [0.1, 0.15) is 6.61 Å². The Balaban J connectivity index is 1.38. The van der Waals surface area contributed by atoms with Crippen molar-refractivity contribution in [1.29, 1.82) is 0 Å². The molecule has 4 heterocycles. The number of carbonyl (C=O) groups is 1. The molecule has 0 saturated heterocycles. The lowest BCUT2D eigenvalue weighted by molar-refractivity contribution is -0.172. The van der Waals surface area contributed by atoms with E-state index in [4.69, 9.17) is 9.72 Å². The maximum Gasteiger partial charge on any atom is 0.343 e. The quantitative estimate of drug-likeness (QED) is 0.351. The standard InChI is InChI=1S/C31H36N2O4/c1-3-21-22-15-20(12-8-11-19-9-6-5-7-10-19)13-14-26(22)32-28-23(21)17-33-27(28)16-25-24(29(33)34)18-37-30(35)31(25,36)4-2/h13-16,19,36H,3-12,17-18H2,1-2H3/t31-/m0/s1. The first-order chi connectivity index (χ1) is 17.9. The number of nitrogens with zero attached hydrogens (tertiary/aromatic N) is 2. The highest BCUT2D eigenvalue weighted by atomic mass is 16.6. The summed E-state index contributed by atoms with van der Waals surface area (Å²) >= 11 is 0. The van der Waals surface area contributed by atoms with Gasteiger partial charge in [-0.25, -0.2) is 9.78 Å². The number of rotatable bonds is 6. The Hall–Kier alpha value is -2.99. The number of fused-ring (bicyclic) bond motifs is 5. The highest BCUT2D eigenvalue weighted by molar-refractivity contribution is 5.89. The number of esters is 1. The van der Waals surface area contributed by atoms with E-state index in [0.29, 0.717) is 23.4 Å². The Kier molecular flexibility index (Phi) is 6.18. The molecule has 1 N–H and O–H groups in total. The first kappa shape index (κ1) is 24.4. The summed E-state index contributed by atoms with van der Waals surface area (Å²) in [6.07, 6.45) is 11.6. The van der Waals surface area contributed by atoms with Crippen molar-refractivity contribution in [2.75, 3.05) is 0 Å². The van der Waals surface area contributed by atoms with Gasteiger partial charge >= 0.3 is 5.97 Å². The summed E-state index contributed by atoms with van der Waals surface area (Å²) in [4.78, 5) is 31.0. The van der Waals surface area contributed by atoms with Crippen LogP contribution in [-0.2, 0) is 41.1 Å². The second kappa shape index (κ2) is 9.39. The van der Waals surface area contributed by atoms with Crippen LogP contribution in [0.5, 0.6) is 0 Å². The summed E-state index contributed by atoms with van der Waals surface area (Å²) in [6, 6.07) is 8.41. The van der Waals surface area contributed by atoms with Gasteiger partial charge < -0.3 is 14.4 Å². The Labute approximate surface area is 217 Å². The van der Waals surface area contributed by atoms with Gasteiger partial charge in [-0.1, -0.05) is 58.4 Å². The van der Waals surface area contributed by atoms with Gasteiger partial charge in [0.2, 0.25) is 0 Å². The lowest BCUT2D eigenvalue weighted by Crippen LogP contribution is -2.44. The normalized spacial score (nSPS) is 21.0. The lowest BCUT2D eigenvalue weighted by atomic mass is 9.85. The van der Waals surface area contributed by atoms with Gasteiger partial charge in [-0.3, -0.25) is 4.79 Å². The number of cyclic esters (lactones) is 1. The van der Waals surface area contributed by atoms with Crippen molar-refractivity contribution in [3.8, 4) is 11.4 Å². The van der Waals surface area contributed by atoms with Crippen molar-refractivity contribution in [2.24, 2.45) is 5.92 Å². The fourth-order valence-electron chi connectivity index (χ4n) is 6.84. The van der Waals surface area contributed by atoms with Crippen LogP contribution in [0.2, 0.25) is 0 Å². The van der Waals surface area contributed by atoms with Gasteiger partial charge in [0.15, 0.2) is 5.60 Å². The molecule has 1 aromatic carbocycles. The minimum absolute atomic E-state index is 0.105. The summed E-state index contributed by atoms with van der Waals surface area (Å²) in [5.41, 5.74) is 4.75. The third-order valence-corrected chi connectivity index (χ3v) is 9.03. The Morgan fingerprint density at radius 3 is 2.68 bits per heavy atom. The van der Waals surface area contributed by atoms with E-state index in [2.05, 4.69) is 25.1 Å². The van der Waals surface area contributed by atoms with Crippen LogP contribution in [0.25, 0.3) is 22.3 Å². The van der Waals surface area contributed by atoms with Crippen LogP contribution in [-0.4, -0.2) is 20.6 Å². The molecular weight excluding hydrogens is 464 g/mol. The molecule has 1 fully saturated rings. The van der Waals surface area contributed by atoms with Crippen molar-refractivity contribution in [3.63, 3.8) is 0 Å². The maximum absolute atomic E-state index is 13.5. The number of pyridine rings is 2. The molecule has 6 heteroatoms. The van der Waals surface area contributed by atoms with Gasteiger partial charge in [-0.15, -0.1) is 0 Å². The molecule has 0 spiro atoms. The second-order valence-corrected chi connectivity index (χ2v) is 11.1. The van der Waals surface area contributed by atoms with E-state index in [1.54, 1.807) is 17.6 Å². The number of aryl methyl sites for hydroxylation is 2. The summed E-state index contributed by atoms with van der Waals surface area (Å²) in [7, 11) is 0. The van der Waals surface area contributed by atoms with E-state index in [-0.39, 0.29) is 18.6 Å². The number of aromatic nitrogens is 2. The molecule has 3 aliphatic rings. The zero-order valence-corrected chi connectivity index (χ0v) is 21.9. The van der Waals surface area contributed by atoms with Crippen LogP contribution in [0.1, 0.15) is 93.0 Å². The predicted octanol–water partition coefficient (Wildman–Crippen LogP) is 5.55. The van der Waals surface area contributed by atoms with Gasteiger partial charge in [-0.2, -0.15) is 0 Å². The molecule has 2 aromatic heterocycles. The molecule has 0 amide bonds. The fraction of sp³-hybridized carbons (Fsp3) is 0.516. The second-order valence-electron chi connectivity index (χ2n) is 11.1. The molecule has 37 heavy (non-hydrogen) atoms. The molecule has 3 aromatic rings. The van der Waals surface area contributed by atoms with Crippen LogP contribution < -0.4 is 5.56 Å². The van der Waals surface area contributed by atoms with Crippen molar-refractivity contribution < 1.29 is 14.6 Å². The third-order valence-electron chi connectivity index (χ3n) is 9.03. The van der Waals surface area contributed by atoms with Crippen molar-refractivity contribution in [2.45, 2.75) is 96.8 Å². The summed E-state index contributed by atoms with van der Waals surface area (Å²) in [6.45, 7) is 4.23. The number of aliphatic hydroxyl groups is 1. The minimum atomic E-state index is -1.80. The molecule has 6 nitrogen and oxygen atoms in total. The molecule has 0 unspecified atom stereocenters. The molecule has 1 atom stereocenters. The third kappa shape index (κ3) is 3.92. The van der Waals surface area contributed by atoms with Crippen molar-refractivity contribution >= 4 is 16.9 Å². The van der Waals surface area contributed by atoms with Crippen molar-refractivity contribution in [3.05, 3.63) is 62.4 Å². The lowest BCUT2D eigenvalue weighted by Gasteiger charge is -2.31. The van der Waals surface area contributed by atoms with Gasteiger partial charge in [0.25, 0.3) is 5.56 Å². The van der Waals surface area contributed by atoms with Crippen LogP contribution in [0, 0.1) is 5.92 Å². The monoisotopic (exact) mass is 500 g/mol. The summed E-state index contributed by atoms with van der Waals surface area (Å²) in [5.74, 6) is 0.209. The molecule has 0 radical (unpaired) electrons. The van der Waals surface area contributed by atoms with Crippen LogP contribution in [0.15, 0.2) is 29.1 Å². The van der Waals surface area contributed by atoms with E-state index in [1.165, 1.54) is 61.5 Å². The number of carbonyl (C=O) groups excluding carboxylic acids is 1. The van der Waals surface area contributed by atoms with Crippen LogP contribution in [0.3, 0.4) is 0 Å².